The Balaban J connectivity index is 1.34. The van der Waals surface area contributed by atoms with Gasteiger partial charge in [-0.3, -0.25) is 0 Å². The van der Waals surface area contributed by atoms with Gasteiger partial charge in [-0.15, -0.1) is 0 Å². The van der Waals surface area contributed by atoms with E-state index in [9.17, 15) is 0 Å². The highest BCUT2D eigenvalue weighted by Crippen LogP contribution is 2.62. The zero-order valence-electron chi connectivity index (χ0n) is 25.4. The van der Waals surface area contributed by atoms with Crippen LogP contribution in [0.15, 0.2) is 164 Å². The third-order valence-corrected chi connectivity index (χ3v) is 10.6. The molecule has 9 aromatic rings. The van der Waals surface area contributed by atoms with E-state index >= 15 is 0 Å². The van der Waals surface area contributed by atoms with Crippen molar-refractivity contribution < 1.29 is 4.74 Å². The molecule has 0 atom stereocenters. The maximum absolute atomic E-state index is 6.93. The number of hydrogen-bond acceptors (Lipinski definition) is 1. The maximum Gasteiger partial charge on any atom is 0.133 e. The summed E-state index contributed by atoms with van der Waals surface area (Å²) < 4.78 is 9.39. The predicted molar refractivity (Wildman–Crippen MR) is 193 cm³/mol. The number of hydrogen-bond donors (Lipinski definition) is 0. The summed E-state index contributed by atoms with van der Waals surface area (Å²) in [6, 6.07) is 60.0. The largest absolute Gasteiger partial charge is 0.457 e. The van der Waals surface area contributed by atoms with E-state index in [1.54, 1.807) is 0 Å². The number of para-hydroxylation sites is 1. The van der Waals surface area contributed by atoms with Crippen molar-refractivity contribution in [2.24, 2.45) is 0 Å². The van der Waals surface area contributed by atoms with E-state index in [1.807, 2.05) is 0 Å². The van der Waals surface area contributed by atoms with E-state index in [1.165, 1.54) is 76.7 Å². The number of benzene rings is 8. The molecule has 0 radical (unpaired) electrons. The molecule has 8 aromatic carbocycles. The standard InChI is InChI=1S/C45H27NO/c1-2-13-30-25-31(23-21-28(30)11-1)46-40-24-22-29-12-3-4-14-32(29)44(40)35-26-43-39(27-41(35)46)45(38-19-9-10-20-42(38)47-43)36-17-7-5-15-33(36)34-16-6-8-18-37(34)45/h1-27H. The second-order valence-corrected chi connectivity index (χ2v) is 12.9. The average molecular weight is 598 g/mol. The maximum atomic E-state index is 6.93. The molecule has 2 aliphatic rings. The third-order valence-electron chi connectivity index (χ3n) is 10.6. The van der Waals surface area contributed by atoms with Crippen LogP contribution in [0.1, 0.15) is 22.3 Å². The Bertz CT molecular complexity index is 2740. The van der Waals surface area contributed by atoms with Crippen LogP contribution in [-0.4, -0.2) is 4.57 Å². The van der Waals surface area contributed by atoms with Crippen LogP contribution in [-0.2, 0) is 5.41 Å². The summed E-state index contributed by atoms with van der Waals surface area (Å²) in [6.07, 6.45) is 0. The van der Waals surface area contributed by atoms with Crippen molar-refractivity contribution in [3.05, 3.63) is 186 Å². The molecular formula is C45H27NO. The average Bonchev–Trinajstić information content (AvgIpc) is 3.61. The Hall–Kier alpha value is -6.12. The van der Waals surface area contributed by atoms with E-state index in [4.69, 9.17) is 4.74 Å². The van der Waals surface area contributed by atoms with Crippen LogP contribution in [0.25, 0.3) is 60.2 Å². The molecule has 2 heteroatoms. The van der Waals surface area contributed by atoms with Gasteiger partial charge in [0.15, 0.2) is 0 Å². The van der Waals surface area contributed by atoms with Crippen molar-refractivity contribution >= 4 is 43.4 Å². The molecule has 1 aliphatic heterocycles. The molecule has 0 N–H and O–H groups in total. The van der Waals surface area contributed by atoms with Crippen LogP contribution in [0.4, 0.5) is 0 Å². The van der Waals surface area contributed by atoms with Gasteiger partial charge in [-0.1, -0.05) is 127 Å². The SMILES string of the molecule is c1ccc2c(c1)Oc1cc3c4c5ccccc5ccc4n(-c4ccc5ccccc5c4)c3cc1C21c2ccccc2-c2ccccc21. The Morgan fingerprint density at radius 2 is 1.04 bits per heavy atom. The van der Waals surface area contributed by atoms with Crippen molar-refractivity contribution in [3.8, 4) is 28.3 Å². The summed E-state index contributed by atoms with van der Waals surface area (Å²) in [4.78, 5) is 0. The molecule has 1 aliphatic carbocycles. The highest BCUT2D eigenvalue weighted by Gasteiger charge is 2.51. The summed E-state index contributed by atoms with van der Waals surface area (Å²) in [5, 5.41) is 7.39. The zero-order chi connectivity index (χ0) is 30.7. The van der Waals surface area contributed by atoms with E-state index in [0.717, 1.165) is 17.2 Å². The van der Waals surface area contributed by atoms with E-state index in [0.29, 0.717) is 0 Å². The van der Waals surface area contributed by atoms with Crippen LogP contribution in [0, 0.1) is 0 Å². The Labute approximate surface area is 271 Å². The normalized spacial score (nSPS) is 13.9. The quantitative estimate of drug-likeness (QED) is 0.184. The Kier molecular flexibility index (Phi) is 4.80. The van der Waals surface area contributed by atoms with Gasteiger partial charge in [0.05, 0.1) is 16.4 Å². The molecule has 2 nitrogen and oxygen atoms in total. The molecule has 0 saturated heterocycles. The lowest BCUT2D eigenvalue weighted by molar-refractivity contribution is 0.437. The lowest BCUT2D eigenvalue weighted by Crippen LogP contribution is -2.32. The molecule has 0 bridgehead atoms. The van der Waals surface area contributed by atoms with Gasteiger partial charge in [0.2, 0.25) is 0 Å². The first kappa shape index (κ1) is 25.1. The smallest absolute Gasteiger partial charge is 0.133 e. The molecule has 0 fully saturated rings. The highest BCUT2D eigenvalue weighted by atomic mass is 16.5. The molecule has 47 heavy (non-hydrogen) atoms. The number of ether oxygens (including phenoxy) is 1. The van der Waals surface area contributed by atoms with E-state index < -0.39 is 5.41 Å². The minimum Gasteiger partial charge on any atom is -0.457 e. The summed E-state index contributed by atoms with van der Waals surface area (Å²) in [5.41, 5.74) is 10.5. The minimum atomic E-state index is -0.516. The van der Waals surface area contributed by atoms with Gasteiger partial charge in [-0.05, 0) is 80.2 Å². The second-order valence-electron chi connectivity index (χ2n) is 12.9. The van der Waals surface area contributed by atoms with Crippen LogP contribution >= 0.6 is 0 Å². The fourth-order valence-corrected chi connectivity index (χ4v) is 8.73. The highest BCUT2D eigenvalue weighted by molar-refractivity contribution is 6.22. The molecule has 2 heterocycles. The first-order valence-electron chi connectivity index (χ1n) is 16.3. The fraction of sp³-hybridized carbons (Fsp3) is 0.0222. The number of rotatable bonds is 1. The summed E-state index contributed by atoms with van der Waals surface area (Å²) in [7, 11) is 0. The van der Waals surface area contributed by atoms with Crippen molar-refractivity contribution in [2.45, 2.75) is 5.41 Å². The number of nitrogens with zero attached hydrogens (tertiary/aromatic N) is 1. The Morgan fingerprint density at radius 1 is 0.404 bits per heavy atom. The van der Waals surface area contributed by atoms with Gasteiger partial charge < -0.3 is 9.30 Å². The van der Waals surface area contributed by atoms with Gasteiger partial charge in [0.1, 0.15) is 11.5 Å². The third kappa shape index (κ3) is 3.15. The van der Waals surface area contributed by atoms with Gasteiger partial charge in [0.25, 0.3) is 0 Å². The van der Waals surface area contributed by atoms with Crippen molar-refractivity contribution in [1.82, 2.24) is 4.57 Å². The molecular weight excluding hydrogens is 571 g/mol. The molecule has 1 aromatic heterocycles. The van der Waals surface area contributed by atoms with Crippen LogP contribution in [0.5, 0.6) is 11.5 Å². The number of fused-ring (bicyclic) bond motifs is 15. The Morgan fingerprint density at radius 3 is 1.85 bits per heavy atom. The molecule has 0 saturated carbocycles. The van der Waals surface area contributed by atoms with Crippen LogP contribution in [0.3, 0.4) is 0 Å². The van der Waals surface area contributed by atoms with Gasteiger partial charge in [0, 0.05) is 27.6 Å². The molecule has 0 amide bonds. The first-order chi connectivity index (χ1) is 23.3. The fourth-order valence-electron chi connectivity index (χ4n) is 8.73. The van der Waals surface area contributed by atoms with Gasteiger partial charge >= 0.3 is 0 Å². The molecule has 0 unspecified atom stereocenters. The second kappa shape index (κ2) is 8.99. The van der Waals surface area contributed by atoms with Gasteiger partial charge in [-0.25, -0.2) is 0 Å². The topological polar surface area (TPSA) is 14.2 Å². The van der Waals surface area contributed by atoms with Crippen LogP contribution < -0.4 is 4.74 Å². The van der Waals surface area contributed by atoms with Crippen molar-refractivity contribution in [2.75, 3.05) is 0 Å². The summed E-state index contributed by atoms with van der Waals surface area (Å²) in [5.74, 6) is 1.82. The lowest BCUT2D eigenvalue weighted by Gasteiger charge is -2.39. The van der Waals surface area contributed by atoms with Crippen molar-refractivity contribution in [1.29, 1.82) is 0 Å². The molecule has 11 rings (SSSR count). The minimum absolute atomic E-state index is 0.516. The predicted octanol–water partition coefficient (Wildman–Crippen LogP) is 11.6. The van der Waals surface area contributed by atoms with Crippen LogP contribution in [0.2, 0.25) is 0 Å². The number of aromatic nitrogens is 1. The van der Waals surface area contributed by atoms with E-state index in [2.05, 4.69) is 168 Å². The van der Waals surface area contributed by atoms with Gasteiger partial charge in [-0.2, -0.15) is 0 Å². The monoisotopic (exact) mass is 597 g/mol. The van der Waals surface area contributed by atoms with Crippen molar-refractivity contribution in [3.63, 3.8) is 0 Å². The van der Waals surface area contributed by atoms with E-state index in [-0.39, 0.29) is 0 Å². The zero-order valence-corrected chi connectivity index (χ0v) is 25.4. The molecule has 218 valence electrons. The first-order valence-corrected chi connectivity index (χ1v) is 16.3. The summed E-state index contributed by atoms with van der Waals surface area (Å²) in [6.45, 7) is 0. The summed E-state index contributed by atoms with van der Waals surface area (Å²) >= 11 is 0. The molecule has 1 spiro atoms. The lowest BCUT2D eigenvalue weighted by atomic mass is 9.66.